The van der Waals surface area contributed by atoms with Crippen LogP contribution in [-0.4, -0.2) is 47.6 Å². The van der Waals surface area contributed by atoms with Crippen LogP contribution < -0.4 is 20.1 Å². The van der Waals surface area contributed by atoms with Gasteiger partial charge in [-0.05, 0) is 92.1 Å². The van der Waals surface area contributed by atoms with Crippen LogP contribution in [-0.2, 0) is 14.4 Å². The van der Waals surface area contributed by atoms with Crippen LogP contribution in [0.15, 0.2) is 65.6 Å². The number of carbonyl (C=O) groups excluding carboxylic acids is 4. The zero-order valence-corrected chi connectivity index (χ0v) is 24.1. The Balaban J connectivity index is 1.41. The number of hydrogen-bond acceptors (Lipinski definition) is 7. The van der Waals surface area contributed by atoms with Gasteiger partial charge in [0.25, 0.3) is 17.1 Å². The van der Waals surface area contributed by atoms with Crippen LogP contribution in [0, 0.1) is 20.8 Å². The number of thioether (sulfide) groups is 1. The van der Waals surface area contributed by atoms with Crippen molar-refractivity contribution < 1.29 is 28.7 Å². The second kappa shape index (κ2) is 13.2. The van der Waals surface area contributed by atoms with Crippen LogP contribution in [0.1, 0.15) is 29.2 Å². The van der Waals surface area contributed by atoms with E-state index in [1.807, 2.05) is 64.1 Å². The van der Waals surface area contributed by atoms with Gasteiger partial charge in [0.1, 0.15) is 6.54 Å². The van der Waals surface area contributed by atoms with E-state index in [4.69, 9.17) is 9.47 Å². The summed E-state index contributed by atoms with van der Waals surface area (Å²) in [6.07, 6.45) is 1.56. The molecular formula is C31H31N3O6S. The van der Waals surface area contributed by atoms with E-state index in [1.165, 1.54) is 0 Å². The highest BCUT2D eigenvalue weighted by Crippen LogP contribution is 2.35. The SMILES string of the molecule is CCOc1cc(/C=C2\SC(=O)N(CC(=O)Nc3cccc(C)c3C)C2=O)ccc1OCC(=O)Nc1ccccc1C. The van der Waals surface area contributed by atoms with Crippen molar-refractivity contribution >= 4 is 52.2 Å². The van der Waals surface area contributed by atoms with Gasteiger partial charge < -0.3 is 20.1 Å². The Morgan fingerprint density at radius 1 is 0.854 bits per heavy atom. The third-order valence-electron chi connectivity index (χ3n) is 6.40. The Morgan fingerprint density at radius 3 is 2.32 bits per heavy atom. The Hall–Kier alpha value is -4.57. The largest absolute Gasteiger partial charge is 0.490 e. The van der Waals surface area contributed by atoms with Gasteiger partial charge in [0.15, 0.2) is 18.1 Å². The predicted octanol–water partition coefficient (Wildman–Crippen LogP) is 5.70. The first-order valence-corrected chi connectivity index (χ1v) is 13.8. The molecule has 2 N–H and O–H groups in total. The molecule has 0 aliphatic carbocycles. The lowest BCUT2D eigenvalue weighted by Crippen LogP contribution is -2.36. The standard InChI is InChI=1S/C31H31N3O6S/c1-5-39-26-15-22(13-14-25(26)40-18-29(36)32-23-11-7-6-9-20(23)3)16-27-30(37)34(31(38)41-27)17-28(35)33-24-12-8-10-19(2)21(24)4/h6-16H,5,17-18H2,1-4H3,(H,32,36)(H,33,35)/b27-16-. The summed E-state index contributed by atoms with van der Waals surface area (Å²) in [7, 11) is 0. The predicted molar refractivity (Wildman–Crippen MR) is 160 cm³/mol. The lowest BCUT2D eigenvalue weighted by atomic mass is 10.1. The van der Waals surface area contributed by atoms with Crippen molar-refractivity contribution in [3.05, 3.63) is 87.8 Å². The number of benzene rings is 3. The van der Waals surface area contributed by atoms with Crippen molar-refractivity contribution in [3.63, 3.8) is 0 Å². The monoisotopic (exact) mass is 573 g/mol. The number of nitrogens with one attached hydrogen (secondary N) is 2. The van der Waals surface area contributed by atoms with E-state index in [0.29, 0.717) is 35.0 Å². The van der Waals surface area contributed by atoms with Crippen LogP contribution in [0.4, 0.5) is 16.2 Å². The van der Waals surface area contributed by atoms with Crippen LogP contribution in [0.2, 0.25) is 0 Å². The Bertz CT molecular complexity index is 1530. The van der Waals surface area contributed by atoms with E-state index >= 15 is 0 Å². The van der Waals surface area contributed by atoms with Gasteiger partial charge in [0.2, 0.25) is 5.91 Å². The zero-order valence-electron chi connectivity index (χ0n) is 23.3. The minimum atomic E-state index is -0.553. The van der Waals surface area contributed by atoms with Crippen LogP contribution in [0.25, 0.3) is 6.08 Å². The second-order valence-electron chi connectivity index (χ2n) is 9.35. The zero-order chi connectivity index (χ0) is 29.5. The molecule has 1 aliphatic rings. The van der Waals surface area contributed by atoms with Crippen LogP contribution >= 0.6 is 11.8 Å². The van der Waals surface area contributed by atoms with E-state index in [0.717, 1.165) is 33.4 Å². The van der Waals surface area contributed by atoms with Gasteiger partial charge in [-0.3, -0.25) is 24.1 Å². The normalized spacial score (nSPS) is 13.9. The molecule has 0 aromatic heterocycles. The first-order valence-electron chi connectivity index (χ1n) is 13.0. The molecule has 0 atom stereocenters. The molecule has 1 aliphatic heterocycles. The van der Waals surface area contributed by atoms with Gasteiger partial charge in [-0.1, -0.05) is 36.4 Å². The molecule has 0 spiro atoms. The number of aryl methyl sites for hydroxylation is 2. The summed E-state index contributed by atoms with van der Waals surface area (Å²) < 4.78 is 11.4. The number of rotatable bonds is 10. The molecule has 10 heteroatoms. The van der Waals surface area contributed by atoms with Crippen LogP contribution in [0.5, 0.6) is 11.5 Å². The highest BCUT2D eigenvalue weighted by Gasteiger charge is 2.36. The van der Waals surface area contributed by atoms with Crippen molar-refractivity contribution in [3.8, 4) is 11.5 Å². The van der Waals surface area contributed by atoms with E-state index in [9.17, 15) is 19.2 Å². The molecule has 4 amide bonds. The molecule has 1 saturated heterocycles. The molecule has 0 saturated carbocycles. The van der Waals surface area contributed by atoms with Crippen molar-refractivity contribution in [2.45, 2.75) is 27.7 Å². The van der Waals surface area contributed by atoms with E-state index in [1.54, 1.807) is 30.3 Å². The minimum absolute atomic E-state index is 0.184. The molecule has 3 aromatic carbocycles. The Kier molecular flexibility index (Phi) is 9.46. The highest BCUT2D eigenvalue weighted by atomic mass is 32.2. The van der Waals surface area contributed by atoms with Crippen molar-refractivity contribution in [1.29, 1.82) is 0 Å². The number of ether oxygens (including phenoxy) is 2. The number of anilines is 2. The fourth-order valence-electron chi connectivity index (χ4n) is 4.05. The second-order valence-corrected chi connectivity index (χ2v) is 10.3. The van der Waals surface area contributed by atoms with Gasteiger partial charge in [0, 0.05) is 11.4 Å². The molecule has 0 bridgehead atoms. The summed E-state index contributed by atoms with van der Waals surface area (Å²) in [5.74, 6) is -0.588. The first-order chi connectivity index (χ1) is 19.7. The first kappa shape index (κ1) is 29.4. The molecule has 9 nitrogen and oxygen atoms in total. The van der Waals surface area contributed by atoms with Crippen molar-refractivity contribution in [2.75, 3.05) is 30.4 Å². The summed E-state index contributed by atoms with van der Waals surface area (Å²) in [6, 6.07) is 18.0. The molecule has 4 rings (SSSR count). The number of amides is 4. The molecule has 3 aromatic rings. The number of imide groups is 1. The van der Waals surface area contributed by atoms with Gasteiger partial charge >= 0.3 is 0 Å². The Morgan fingerprint density at radius 2 is 1.56 bits per heavy atom. The molecule has 41 heavy (non-hydrogen) atoms. The van der Waals surface area contributed by atoms with E-state index < -0.39 is 23.6 Å². The number of hydrogen-bond donors (Lipinski definition) is 2. The molecule has 1 heterocycles. The topological polar surface area (TPSA) is 114 Å². The number of carbonyl (C=O) groups is 4. The number of nitrogens with zero attached hydrogens (tertiary/aromatic N) is 1. The van der Waals surface area contributed by atoms with E-state index in [-0.39, 0.29) is 17.4 Å². The summed E-state index contributed by atoms with van der Waals surface area (Å²) in [6.45, 7) is 7.27. The third kappa shape index (κ3) is 7.34. The lowest BCUT2D eigenvalue weighted by Gasteiger charge is -2.14. The third-order valence-corrected chi connectivity index (χ3v) is 7.30. The molecular weight excluding hydrogens is 542 g/mol. The summed E-state index contributed by atoms with van der Waals surface area (Å²) >= 11 is 0.764. The smallest absolute Gasteiger partial charge is 0.294 e. The van der Waals surface area contributed by atoms with Gasteiger partial charge in [-0.25, -0.2) is 0 Å². The molecule has 0 unspecified atom stereocenters. The van der Waals surface area contributed by atoms with Crippen molar-refractivity contribution in [2.24, 2.45) is 0 Å². The Labute approximate surface area is 242 Å². The maximum Gasteiger partial charge on any atom is 0.294 e. The van der Waals surface area contributed by atoms with Gasteiger partial charge in [-0.2, -0.15) is 0 Å². The van der Waals surface area contributed by atoms with E-state index in [2.05, 4.69) is 10.6 Å². The average molecular weight is 574 g/mol. The maximum absolute atomic E-state index is 13.0. The summed E-state index contributed by atoms with van der Waals surface area (Å²) in [5.41, 5.74) is 4.81. The van der Waals surface area contributed by atoms with Crippen LogP contribution in [0.3, 0.4) is 0 Å². The molecule has 1 fully saturated rings. The minimum Gasteiger partial charge on any atom is -0.490 e. The quantitative estimate of drug-likeness (QED) is 0.299. The van der Waals surface area contributed by atoms with Crippen molar-refractivity contribution in [1.82, 2.24) is 4.90 Å². The van der Waals surface area contributed by atoms with Gasteiger partial charge in [0.05, 0.1) is 11.5 Å². The highest BCUT2D eigenvalue weighted by molar-refractivity contribution is 8.18. The summed E-state index contributed by atoms with van der Waals surface area (Å²) in [4.78, 5) is 51.7. The fraction of sp³-hybridized carbons (Fsp3) is 0.226. The molecule has 0 radical (unpaired) electrons. The van der Waals surface area contributed by atoms with Gasteiger partial charge in [-0.15, -0.1) is 0 Å². The lowest BCUT2D eigenvalue weighted by molar-refractivity contribution is -0.127. The summed E-state index contributed by atoms with van der Waals surface area (Å²) in [5, 5.41) is 5.07. The number of para-hydroxylation sites is 1. The fourth-order valence-corrected chi connectivity index (χ4v) is 4.89. The molecule has 212 valence electrons. The maximum atomic E-state index is 13.0. The average Bonchev–Trinajstić information content (AvgIpc) is 3.19.